The molecular weight excluding hydrogens is 168 g/mol. The molecule has 1 heterocycles. The molecule has 0 aromatic heterocycles. The molecule has 1 aliphatic heterocycles. The highest BCUT2D eigenvalue weighted by Gasteiger charge is 2.26. The van der Waals surface area contributed by atoms with Crippen LogP contribution in [0.3, 0.4) is 0 Å². The van der Waals surface area contributed by atoms with Gasteiger partial charge >= 0.3 is 11.4 Å². The van der Waals surface area contributed by atoms with E-state index >= 15 is 0 Å². The van der Waals surface area contributed by atoms with E-state index in [9.17, 15) is 9.59 Å². The Hall–Kier alpha value is -0.770. The van der Waals surface area contributed by atoms with Gasteiger partial charge in [0.15, 0.2) is 0 Å². The summed E-state index contributed by atoms with van der Waals surface area (Å²) in [6, 6.07) is -0.309. The standard InChI is InChI=1S/C6H9ClN2O2/c1-8-3-2-4-9(5(7)10)6(8)11/h2-4H2,1H3. The third kappa shape index (κ3) is 1.63. The monoisotopic (exact) mass is 176 g/mol. The number of rotatable bonds is 0. The summed E-state index contributed by atoms with van der Waals surface area (Å²) in [5.74, 6) is 0. The average Bonchev–Trinajstić information content (AvgIpc) is 1.94. The SMILES string of the molecule is CN1CCCN(C(=O)Cl)C1=O. The van der Waals surface area contributed by atoms with Crippen molar-refractivity contribution >= 4 is 23.0 Å². The van der Waals surface area contributed by atoms with Gasteiger partial charge in [-0.05, 0) is 18.0 Å². The van der Waals surface area contributed by atoms with E-state index in [1.807, 2.05) is 0 Å². The predicted molar refractivity (Wildman–Crippen MR) is 40.6 cm³/mol. The fourth-order valence-corrected chi connectivity index (χ4v) is 1.18. The minimum Gasteiger partial charge on any atom is -0.327 e. The minimum absolute atomic E-state index is 0.309. The Bertz CT molecular complexity index is 195. The number of imide groups is 1. The van der Waals surface area contributed by atoms with Gasteiger partial charge in [-0.1, -0.05) is 0 Å². The van der Waals surface area contributed by atoms with Crippen LogP contribution in [0.15, 0.2) is 0 Å². The summed E-state index contributed by atoms with van der Waals surface area (Å²) in [6.07, 6.45) is 0.792. The highest BCUT2D eigenvalue weighted by Crippen LogP contribution is 2.08. The van der Waals surface area contributed by atoms with Crippen LogP contribution in [0.2, 0.25) is 0 Å². The second-order valence-electron chi connectivity index (χ2n) is 2.46. The first-order chi connectivity index (χ1) is 5.13. The van der Waals surface area contributed by atoms with Crippen molar-refractivity contribution in [1.82, 2.24) is 9.80 Å². The highest BCUT2D eigenvalue weighted by molar-refractivity contribution is 6.64. The van der Waals surface area contributed by atoms with E-state index in [0.29, 0.717) is 13.1 Å². The Balaban J connectivity index is 2.66. The molecule has 62 valence electrons. The summed E-state index contributed by atoms with van der Waals surface area (Å²) < 4.78 is 0. The van der Waals surface area contributed by atoms with Crippen LogP contribution < -0.4 is 0 Å². The summed E-state index contributed by atoms with van der Waals surface area (Å²) in [4.78, 5) is 24.2. The molecule has 11 heavy (non-hydrogen) atoms. The van der Waals surface area contributed by atoms with Crippen molar-refractivity contribution in [3.8, 4) is 0 Å². The second kappa shape index (κ2) is 3.09. The summed E-state index contributed by atoms with van der Waals surface area (Å²) in [5, 5.41) is -0.693. The van der Waals surface area contributed by atoms with Crippen molar-refractivity contribution in [1.29, 1.82) is 0 Å². The molecule has 0 radical (unpaired) electrons. The molecule has 1 saturated heterocycles. The molecule has 5 heteroatoms. The van der Waals surface area contributed by atoms with Crippen molar-refractivity contribution in [2.75, 3.05) is 20.1 Å². The number of hydrogen-bond donors (Lipinski definition) is 0. The molecule has 0 aromatic carbocycles. The first-order valence-corrected chi connectivity index (χ1v) is 3.73. The smallest absolute Gasteiger partial charge is 0.327 e. The van der Waals surface area contributed by atoms with Crippen molar-refractivity contribution in [2.24, 2.45) is 0 Å². The third-order valence-electron chi connectivity index (χ3n) is 1.64. The van der Waals surface area contributed by atoms with Gasteiger partial charge in [0, 0.05) is 20.1 Å². The Morgan fingerprint density at radius 1 is 1.55 bits per heavy atom. The van der Waals surface area contributed by atoms with Crippen molar-refractivity contribution in [2.45, 2.75) is 6.42 Å². The van der Waals surface area contributed by atoms with Gasteiger partial charge in [-0.15, -0.1) is 0 Å². The number of carbonyl (C=O) groups excluding carboxylic acids is 2. The van der Waals surface area contributed by atoms with Crippen LogP contribution in [0.4, 0.5) is 9.59 Å². The zero-order valence-corrected chi connectivity index (χ0v) is 6.97. The van der Waals surface area contributed by atoms with Crippen molar-refractivity contribution in [3.63, 3.8) is 0 Å². The second-order valence-corrected chi connectivity index (χ2v) is 2.79. The van der Waals surface area contributed by atoms with Gasteiger partial charge in [-0.25, -0.2) is 4.79 Å². The van der Waals surface area contributed by atoms with Crippen LogP contribution in [0.5, 0.6) is 0 Å². The van der Waals surface area contributed by atoms with Crippen LogP contribution in [-0.2, 0) is 0 Å². The van der Waals surface area contributed by atoms with Crippen LogP contribution in [0.25, 0.3) is 0 Å². The highest BCUT2D eigenvalue weighted by atomic mass is 35.5. The number of carbonyl (C=O) groups is 2. The first kappa shape index (κ1) is 8.33. The van der Waals surface area contributed by atoms with Gasteiger partial charge in [-0.3, -0.25) is 9.69 Å². The molecule has 1 aliphatic rings. The zero-order chi connectivity index (χ0) is 8.43. The first-order valence-electron chi connectivity index (χ1n) is 3.35. The fourth-order valence-electron chi connectivity index (χ4n) is 1.03. The van der Waals surface area contributed by atoms with Crippen molar-refractivity contribution in [3.05, 3.63) is 0 Å². The third-order valence-corrected chi connectivity index (χ3v) is 1.85. The molecule has 0 N–H and O–H groups in total. The Morgan fingerprint density at radius 2 is 2.18 bits per heavy atom. The van der Waals surface area contributed by atoms with E-state index < -0.39 is 5.37 Å². The molecule has 0 spiro atoms. The van der Waals surface area contributed by atoms with Gasteiger partial charge in [0.1, 0.15) is 0 Å². The van der Waals surface area contributed by atoms with Crippen LogP contribution >= 0.6 is 11.6 Å². The zero-order valence-electron chi connectivity index (χ0n) is 6.21. The van der Waals surface area contributed by atoms with E-state index in [-0.39, 0.29) is 6.03 Å². The topological polar surface area (TPSA) is 40.6 Å². The van der Waals surface area contributed by atoms with E-state index in [0.717, 1.165) is 11.3 Å². The lowest BCUT2D eigenvalue weighted by atomic mass is 10.3. The number of nitrogens with zero attached hydrogens (tertiary/aromatic N) is 2. The van der Waals surface area contributed by atoms with Gasteiger partial charge in [0.05, 0.1) is 0 Å². The number of halogens is 1. The minimum atomic E-state index is -0.693. The molecule has 0 saturated carbocycles. The molecule has 4 nitrogen and oxygen atoms in total. The summed E-state index contributed by atoms with van der Waals surface area (Å²) in [6.45, 7) is 1.13. The molecule has 0 bridgehead atoms. The Morgan fingerprint density at radius 3 is 2.64 bits per heavy atom. The van der Waals surface area contributed by atoms with Gasteiger partial charge in [0.25, 0.3) is 0 Å². The molecule has 1 fully saturated rings. The van der Waals surface area contributed by atoms with E-state index in [1.165, 1.54) is 4.90 Å². The van der Waals surface area contributed by atoms with Crippen LogP contribution in [-0.4, -0.2) is 41.3 Å². The number of urea groups is 1. The van der Waals surface area contributed by atoms with Gasteiger partial charge < -0.3 is 4.90 Å². The predicted octanol–water partition coefficient (Wildman–Crippen LogP) is 1.10. The molecule has 3 amide bonds. The largest absolute Gasteiger partial charge is 0.327 e. The summed E-state index contributed by atoms with van der Waals surface area (Å²) >= 11 is 5.16. The van der Waals surface area contributed by atoms with E-state index in [1.54, 1.807) is 7.05 Å². The number of amides is 3. The van der Waals surface area contributed by atoms with Crippen LogP contribution in [0.1, 0.15) is 6.42 Å². The molecule has 1 rings (SSSR count). The average molecular weight is 177 g/mol. The lowest BCUT2D eigenvalue weighted by Gasteiger charge is -2.29. The fraction of sp³-hybridized carbons (Fsp3) is 0.667. The van der Waals surface area contributed by atoms with Gasteiger partial charge in [-0.2, -0.15) is 0 Å². The molecule has 0 aliphatic carbocycles. The Kier molecular flexibility index (Phi) is 2.34. The Labute approximate surface area is 69.7 Å². The van der Waals surface area contributed by atoms with Gasteiger partial charge in [0.2, 0.25) is 0 Å². The lowest BCUT2D eigenvalue weighted by molar-refractivity contribution is 0.153. The van der Waals surface area contributed by atoms with Crippen LogP contribution in [0, 0.1) is 0 Å². The molecule has 0 atom stereocenters. The quantitative estimate of drug-likeness (QED) is 0.410. The maximum absolute atomic E-state index is 11.1. The van der Waals surface area contributed by atoms with E-state index in [2.05, 4.69) is 0 Å². The normalized spacial score (nSPS) is 18.9. The maximum Gasteiger partial charge on any atom is 0.327 e. The van der Waals surface area contributed by atoms with Crippen molar-refractivity contribution < 1.29 is 9.59 Å². The lowest BCUT2D eigenvalue weighted by Crippen LogP contribution is -2.48. The summed E-state index contributed by atoms with van der Waals surface area (Å²) in [7, 11) is 1.65. The molecule has 0 unspecified atom stereocenters. The van der Waals surface area contributed by atoms with E-state index in [4.69, 9.17) is 11.6 Å². The molecule has 0 aromatic rings. The maximum atomic E-state index is 11.1. The summed E-state index contributed by atoms with van der Waals surface area (Å²) in [5.41, 5.74) is 0. The molecular formula is C6H9ClN2O2. The number of hydrogen-bond acceptors (Lipinski definition) is 2.